The lowest BCUT2D eigenvalue weighted by atomic mass is 9.99. The molecule has 0 radical (unpaired) electrons. The molecule has 0 N–H and O–H groups in total. The molecule has 3 aromatic carbocycles. The van der Waals surface area contributed by atoms with Gasteiger partial charge in [0.15, 0.2) is 0 Å². The Balaban J connectivity index is 1.83. The minimum Gasteiger partial charge on any atom is -0.337 e. The van der Waals surface area contributed by atoms with Crippen LogP contribution in [0.4, 0.5) is 5.69 Å². The first kappa shape index (κ1) is 21.8. The van der Waals surface area contributed by atoms with Gasteiger partial charge in [-0.05, 0) is 67.3 Å². The topological polar surface area (TPSA) is 40.6 Å². The summed E-state index contributed by atoms with van der Waals surface area (Å²) in [5.74, 6) is -0.568. The smallest absolute Gasteiger partial charge is 0.278 e. The molecule has 0 spiro atoms. The number of halogens is 1. The van der Waals surface area contributed by atoms with Gasteiger partial charge >= 0.3 is 0 Å². The lowest BCUT2D eigenvalue weighted by molar-refractivity contribution is -0.137. The summed E-state index contributed by atoms with van der Waals surface area (Å²) in [4.78, 5) is 30.6. The van der Waals surface area contributed by atoms with Crippen molar-refractivity contribution in [3.8, 4) is 0 Å². The van der Waals surface area contributed by atoms with Crippen LogP contribution in [0.15, 0.2) is 78.5 Å². The summed E-state index contributed by atoms with van der Waals surface area (Å²) >= 11 is 6.01. The quantitative estimate of drug-likeness (QED) is 0.453. The van der Waals surface area contributed by atoms with Crippen LogP contribution in [0.1, 0.15) is 29.2 Å². The van der Waals surface area contributed by atoms with Crippen LogP contribution in [-0.4, -0.2) is 23.3 Å². The first-order chi connectivity index (χ1) is 15.4. The van der Waals surface area contributed by atoms with Gasteiger partial charge in [-0.2, -0.15) is 0 Å². The molecule has 32 heavy (non-hydrogen) atoms. The van der Waals surface area contributed by atoms with E-state index < -0.39 is 0 Å². The molecular formula is C27H25ClN2O2. The predicted molar refractivity (Wildman–Crippen MR) is 129 cm³/mol. The number of amides is 2. The van der Waals surface area contributed by atoms with Gasteiger partial charge in [0, 0.05) is 17.3 Å². The maximum atomic E-state index is 13.7. The Bertz CT molecular complexity index is 1200. The Hall–Kier alpha value is -3.37. The van der Waals surface area contributed by atoms with E-state index in [1.165, 1.54) is 4.90 Å². The first-order valence-corrected chi connectivity index (χ1v) is 11.0. The normalized spacial score (nSPS) is 13.8. The zero-order chi connectivity index (χ0) is 22.8. The highest BCUT2D eigenvalue weighted by Gasteiger charge is 2.41. The minimum atomic E-state index is -0.288. The molecule has 0 saturated carbocycles. The van der Waals surface area contributed by atoms with Crippen LogP contribution < -0.4 is 4.90 Å². The maximum absolute atomic E-state index is 13.7. The molecule has 0 unspecified atom stereocenters. The fourth-order valence-corrected chi connectivity index (χ4v) is 4.09. The van der Waals surface area contributed by atoms with Crippen LogP contribution in [0.3, 0.4) is 0 Å². The predicted octanol–water partition coefficient (Wildman–Crippen LogP) is 5.76. The number of aryl methyl sites for hydroxylation is 2. The molecule has 4 nitrogen and oxygen atoms in total. The van der Waals surface area contributed by atoms with E-state index in [9.17, 15) is 9.59 Å². The Morgan fingerprint density at radius 2 is 1.53 bits per heavy atom. The molecule has 4 rings (SSSR count). The van der Waals surface area contributed by atoms with Crippen molar-refractivity contribution in [2.24, 2.45) is 0 Å². The van der Waals surface area contributed by atoms with Crippen LogP contribution in [0.2, 0.25) is 5.02 Å². The summed E-state index contributed by atoms with van der Waals surface area (Å²) in [5, 5.41) is 0.615. The largest absolute Gasteiger partial charge is 0.337 e. The zero-order valence-corrected chi connectivity index (χ0v) is 19.2. The van der Waals surface area contributed by atoms with Gasteiger partial charge in [-0.3, -0.25) is 14.5 Å². The van der Waals surface area contributed by atoms with Gasteiger partial charge in [0.1, 0.15) is 5.70 Å². The Morgan fingerprint density at radius 3 is 2.16 bits per heavy atom. The van der Waals surface area contributed by atoms with Gasteiger partial charge in [-0.15, -0.1) is 0 Å². The van der Waals surface area contributed by atoms with E-state index in [4.69, 9.17) is 11.6 Å². The third-order valence-corrected chi connectivity index (χ3v) is 6.10. The monoisotopic (exact) mass is 444 g/mol. The third-order valence-electron chi connectivity index (χ3n) is 5.85. The van der Waals surface area contributed by atoms with Crippen molar-refractivity contribution in [2.75, 3.05) is 11.4 Å². The summed E-state index contributed by atoms with van der Waals surface area (Å²) in [5.41, 5.74) is 5.56. The average Bonchev–Trinajstić information content (AvgIpc) is 3.03. The fraction of sp³-hybridized carbons (Fsp3) is 0.185. The van der Waals surface area contributed by atoms with Gasteiger partial charge < -0.3 is 4.90 Å². The molecule has 162 valence electrons. The molecule has 0 saturated heterocycles. The number of imide groups is 1. The van der Waals surface area contributed by atoms with Crippen molar-refractivity contribution in [1.82, 2.24) is 4.90 Å². The Kier molecular flexibility index (Phi) is 6.15. The maximum Gasteiger partial charge on any atom is 0.278 e. The van der Waals surface area contributed by atoms with Crippen LogP contribution in [0.25, 0.3) is 5.57 Å². The summed E-state index contributed by atoms with van der Waals surface area (Å²) < 4.78 is 0. The van der Waals surface area contributed by atoms with Gasteiger partial charge in [-0.25, -0.2) is 0 Å². The highest BCUT2D eigenvalue weighted by Crippen LogP contribution is 2.35. The molecular weight excluding hydrogens is 420 g/mol. The molecule has 0 atom stereocenters. The molecule has 3 aromatic rings. The molecule has 1 heterocycles. The highest BCUT2D eigenvalue weighted by atomic mass is 35.5. The molecule has 1 aliphatic rings. The van der Waals surface area contributed by atoms with E-state index in [0.717, 1.165) is 27.9 Å². The Morgan fingerprint density at radius 1 is 0.844 bits per heavy atom. The van der Waals surface area contributed by atoms with Gasteiger partial charge in [0.25, 0.3) is 11.8 Å². The van der Waals surface area contributed by atoms with Crippen LogP contribution in [-0.2, 0) is 16.1 Å². The SMILES string of the molecule is CCN(C1=C(c2ccc(C)c(C)c2)C(=O)N(Cc2ccc(Cl)cc2)C1=O)c1ccccc1. The number of carbonyl (C=O) groups excluding carboxylic acids is 2. The summed E-state index contributed by atoms with van der Waals surface area (Å²) in [6.07, 6.45) is 0. The van der Waals surface area contributed by atoms with E-state index in [1.54, 1.807) is 12.1 Å². The van der Waals surface area contributed by atoms with Gasteiger partial charge in [-0.1, -0.05) is 60.1 Å². The average molecular weight is 445 g/mol. The van der Waals surface area contributed by atoms with Crippen LogP contribution in [0, 0.1) is 13.8 Å². The number of benzene rings is 3. The van der Waals surface area contributed by atoms with Crippen molar-refractivity contribution >= 4 is 34.7 Å². The van der Waals surface area contributed by atoms with E-state index >= 15 is 0 Å². The van der Waals surface area contributed by atoms with Crippen LogP contribution in [0.5, 0.6) is 0 Å². The van der Waals surface area contributed by atoms with Crippen LogP contribution >= 0.6 is 11.6 Å². The first-order valence-electron chi connectivity index (χ1n) is 10.7. The summed E-state index contributed by atoms with van der Waals surface area (Å²) in [6.45, 7) is 6.78. The van der Waals surface area contributed by atoms with Gasteiger partial charge in [0.2, 0.25) is 0 Å². The van der Waals surface area contributed by atoms with E-state index in [1.807, 2.05) is 86.3 Å². The molecule has 0 aromatic heterocycles. The molecule has 0 bridgehead atoms. The number of likely N-dealkylation sites (N-methyl/N-ethyl adjacent to an activating group) is 1. The lowest BCUT2D eigenvalue weighted by Gasteiger charge is -2.25. The fourth-order valence-electron chi connectivity index (χ4n) is 3.96. The molecule has 1 aliphatic heterocycles. The zero-order valence-electron chi connectivity index (χ0n) is 18.4. The van der Waals surface area contributed by atoms with Crippen molar-refractivity contribution in [2.45, 2.75) is 27.3 Å². The number of anilines is 1. The number of carbonyl (C=O) groups is 2. The number of hydrogen-bond donors (Lipinski definition) is 0. The van der Waals surface area contributed by atoms with Crippen molar-refractivity contribution in [3.05, 3.63) is 106 Å². The Labute approximate surface area is 193 Å². The van der Waals surface area contributed by atoms with E-state index in [2.05, 4.69) is 0 Å². The van der Waals surface area contributed by atoms with E-state index in [-0.39, 0.29) is 18.4 Å². The second-order valence-corrected chi connectivity index (χ2v) is 8.36. The number of para-hydroxylation sites is 1. The molecule has 2 amide bonds. The van der Waals surface area contributed by atoms with Crippen molar-refractivity contribution in [3.63, 3.8) is 0 Å². The minimum absolute atomic E-state index is 0.193. The standard InChI is InChI=1S/C27H25ClN2O2/c1-4-29(23-8-6-5-7-9-23)25-24(21-13-10-18(2)19(3)16-21)26(31)30(27(25)32)17-20-11-14-22(28)15-12-20/h5-16H,4,17H2,1-3H3. The third kappa shape index (κ3) is 4.06. The second kappa shape index (κ2) is 9.01. The number of nitrogens with zero attached hydrogens (tertiary/aromatic N) is 2. The summed E-state index contributed by atoms with van der Waals surface area (Å²) in [6, 6.07) is 22.8. The van der Waals surface area contributed by atoms with E-state index in [0.29, 0.717) is 22.8 Å². The van der Waals surface area contributed by atoms with Gasteiger partial charge in [0.05, 0.1) is 12.1 Å². The molecule has 0 aliphatic carbocycles. The lowest BCUT2D eigenvalue weighted by Crippen LogP contribution is -2.34. The number of rotatable bonds is 6. The molecule has 5 heteroatoms. The summed E-state index contributed by atoms with van der Waals surface area (Å²) in [7, 11) is 0. The second-order valence-electron chi connectivity index (χ2n) is 7.93. The van der Waals surface area contributed by atoms with Crippen molar-refractivity contribution in [1.29, 1.82) is 0 Å². The molecule has 0 fully saturated rings. The van der Waals surface area contributed by atoms with Crippen molar-refractivity contribution < 1.29 is 9.59 Å². The number of hydrogen-bond acceptors (Lipinski definition) is 3. The highest BCUT2D eigenvalue weighted by molar-refractivity contribution is 6.36.